The quantitative estimate of drug-likeness (QED) is 0.924. The Morgan fingerprint density at radius 3 is 2.42 bits per heavy atom. The lowest BCUT2D eigenvalue weighted by molar-refractivity contribution is 0.0196. The first kappa shape index (κ1) is 15.0. The maximum absolute atomic E-state index is 10.8. The van der Waals surface area contributed by atoms with Crippen LogP contribution in [0.1, 0.15) is 52.5 Å². The van der Waals surface area contributed by atoms with Gasteiger partial charge in [-0.2, -0.15) is 5.10 Å². The van der Waals surface area contributed by atoms with E-state index in [-0.39, 0.29) is 24.2 Å². The van der Waals surface area contributed by atoms with Crippen molar-refractivity contribution in [1.82, 2.24) is 9.78 Å². The minimum absolute atomic E-state index is 0.0578. The van der Waals surface area contributed by atoms with Crippen LogP contribution in [0.5, 0.6) is 0 Å². The van der Waals surface area contributed by atoms with Crippen molar-refractivity contribution in [3.63, 3.8) is 0 Å². The Kier molecular flexibility index (Phi) is 4.38. The van der Waals surface area contributed by atoms with Crippen LogP contribution in [0.4, 0.5) is 0 Å². The molecule has 1 saturated heterocycles. The standard InChI is InChI=1S/C14H23BrN2O2/c1-7(2)17-13(11(15)6-16-17)14(18)12-8(3)9(4)19-10(12)5/h6-10,12,14,18H,1-5H3. The topological polar surface area (TPSA) is 47.3 Å². The third-order valence-electron chi connectivity index (χ3n) is 4.24. The SMILES string of the molecule is CC1OC(C)C(C(O)c2c(Br)cnn2C(C)C)C1C. The van der Waals surface area contributed by atoms with Gasteiger partial charge >= 0.3 is 0 Å². The molecule has 108 valence electrons. The van der Waals surface area contributed by atoms with E-state index in [9.17, 15) is 5.11 Å². The number of hydrogen-bond acceptors (Lipinski definition) is 3. The first-order valence-electron chi connectivity index (χ1n) is 6.91. The van der Waals surface area contributed by atoms with E-state index in [0.29, 0.717) is 5.92 Å². The van der Waals surface area contributed by atoms with Crippen molar-refractivity contribution in [2.45, 2.75) is 59.0 Å². The van der Waals surface area contributed by atoms with Crippen LogP contribution in [0, 0.1) is 11.8 Å². The second-order valence-corrected chi connectivity index (χ2v) is 6.70. The van der Waals surface area contributed by atoms with Crippen molar-refractivity contribution in [3.05, 3.63) is 16.4 Å². The van der Waals surface area contributed by atoms with Gasteiger partial charge in [0, 0.05) is 12.0 Å². The maximum atomic E-state index is 10.8. The van der Waals surface area contributed by atoms with Gasteiger partial charge in [-0.25, -0.2) is 0 Å². The maximum Gasteiger partial charge on any atom is 0.102 e. The molecule has 5 atom stereocenters. The molecule has 1 fully saturated rings. The molecule has 0 aliphatic carbocycles. The predicted molar refractivity (Wildman–Crippen MR) is 77.9 cm³/mol. The van der Waals surface area contributed by atoms with Crippen LogP contribution in [-0.4, -0.2) is 27.1 Å². The van der Waals surface area contributed by atoms with Crippen LogP contribution in [0.2, 0.25) is 0 Å². The van der Waals surface area contributed by atoms with E-state index in [1.807, 2.05) is 11.6 Å². The molecule has 4 nitrogen and oxygen atoms in total. The molecule has 2 rings (SSSR count). The lowest BCUT2D eigenvalue weighted by Crippen LogP contribution is -2.27. The average molecular weight is 331 g/mol. The Bertz CT molecular complexity index is 447. The van der Waals surface area contributed by atoms with Gasteiger partial charge in [0.05, 0.1) is 28.6 Å². The summed E-state index contributed by atoms with van der Waals surface area (Å²) in [5.74, 6) is 0.424. The lowest BCUT2D eigenvalue weighted by atomic mass is 9.83. The fourth-order valence-electron chi connectivity index (χ4n) is 3.06. The lowest BCUT2D eigenvalue weighted by Gasteiger charge is -2.26. The molecular weight excluding hydrogens is 308 g/mol. The number of rotatable bonds is 3. The number of ether oxygens (including phenoxy) is 1. The zero-order valence-electron chi connectivity index (χ0n) is 12.2. The van der Waals surface area contributed by atoms with Crippen LogP contribution in [0.25, 0.3) is 0 Å². The van der Waals surface area contributed by atoms with Gasteiger partial charge in [-0.05, 0) is 49.5 Å². The van der Waals surface area contributed by atoms with E-state index in [1.165, 1.54) is 0 Å². The number of aromatic nitrogens is 2. The van der Waals surface area contributed by atoms with E-state index in [1.54, 1.807) is 6.20 Å². The zero-order valence-corrected chi connectivity index (χ0v) is 13.8. The molecule has 0 radical (unpaired) electrons. The summed E-state index contributed by atoms with van der Waals surface area (Å²) in [4.78, 5) is 0. The first-order valence-corrected chi connectivity index (χ1v) is 7.70. The van der Waals surface area contributed by atoms with Gasteiger partial charge in [-0.15, -0.1) is 0 Å². The summed E-state index contributed by atoms with van der Waals surface area (Å²) in [6.45, 7) is 10.4. The van der Waals surface area contributed by atoms with Gasteiger partial charge < -0.3 is 9.84 Å². The van der Waals surface area contributed by atoms with Crippen LogP contribution in [0.15, 0.2) is 10.7 Å². The van der Waals surface area contributed by atoms with Gasteiger partial charge in [0.1, 0.15) is 6.10 Å². The molecular formula is C14H23BrN2O2. The highest BCUT2D eigenvalue weighted by atomic mass is 79.9. The third kappa shape index (κ3) is 2.60. The van der Waals surface area contributed by atoms with E-state index in [4.69, 9.17) is 4.74 Å². The molecule has 0 saturated carbocycles. The van der Waals surface area contributed by atoms with Gasteiger partial charge in [-0.3, -0.25) is 4.68 Å². The Labute approximate surface area is 123 Å². The highest BCUT2D eigenvalue weighted by molar-refractivity contribution is 9.10. The van der Waals surface area contributed by atoms with Gasteiger partial charge in [0.2, 0.25) is 0 Å². The first-order chi connectivity index (χ1) is 8.84. The van der Waals surface area contributed by atoms with Crippen molar-refractivity contribution in [1.29, 1.82) is 0 Å². The molecule has 1 aromatic heterocycles. The fourth-order valence-corrected chi connectivity index (χ4v) is 3.57. The van der Waals surface area contributed by atoms with Crippen molar-refractivity contribution in [2.75, 3.05) is 0 Å². The Morgan fingerprint density at radius 1 is 1.32 bits per heavy atom. The second-order valence-electron chi connectivity index (χ2n) is 5.84. The van der Waals surface area contributed by atoms with E-state index >= 15 is 0 Å². The zero-order chi connectivity index (χ0) is 14.3. The molecule has 1 aliphatic rings. The Hall–Kier alpha value is -0.390. The Balaban J connectivity index is 2.34. The van der Waals surface area contributed by atoms with Crippen molar-refractivity contribution < 1.29 is 9.84 Å². The molecule has 1 N–H and O–H groups in total. The summed E-state index contributed by atoms with van der Waals surface area (Å²) in [5.41, 5.74) is 0.858. The van der Waals surface area contributed by atoms with Gasteiger partial charge in [-0.1, -0.05) is 6.92 Å². The van der Waals surface area contributed by atoms with Crippen LogP contribution < -0.4 is 0 Å². The van der Waals surface area contributed by atoms with Crippen LogP contribution in [0.3, 0.4) is 0 Å². The third-order valence-corrected chi connectivity index (χ3v) is 4.85. The fraction of sp³-hybridized carbons (Fsp3) is 0.786. The van der Waals surface area contributed by atoms with Crippen molar-refractivity contribution >= 4 is 15.9 Å². The normalized spacial score (nSPS) is 33.1. The minimum Gasteiger partial charge on any atom is -0.386 e. The predicted octanol–water partition coefficient (Wildman–Crippen LogP) is 3.32. The summed E-state index contributed by atoms with van der Waals surface area (Å²) in [5, 5.41) is 15.2. The summed E-state index contributed by atoms with van der Waals surface area (Å²) >= 11 is 3.50. The smallest absolute Gasteiger partial charge is 0.102 e. The van der Waals surface area contributed by atoms with E-state index in [2.05, 4.69) is 48.7 Å². The highest BCUT2D eigenvalue weighted by Crippen LogP contribution is 2.42. The monoisotopic (exact) mass is 330 g/mol. The summed E-state index contributed by atoms with van der Waals surface area (Å²) in [7, 11) is 0. The molecule has 1 aliphatic heterocycles. The molecule has 1 aromatic rings. The number of hydrogen-bond donors (Lipinski definition) is 1. The molecule has 0 bridgehead atoms. The molecule has 19 heavy (non-hydrogen) atoms. The number of aliphatic hydroxyl groups excluding tert-OH is 1. The molecule has 0 amide bonds. The number of halogens is 1. The molecule has 2 heterocycles. The van der Waals surface area contributed by atoms with Gasteiger partial charge in [0.15, 0.2) is 0 Å². The molecule has 5 heteroatoms. The Morgan fingerprint density at radius 2 is 1.95 bits per heavy atom. The number of aliphatic hydroxyl groups is 1. The average Bonchev–Trinajstić information content (AvgIpc) is 2.81. The second kappa shape index (κ2) is 5.54. The summed E-state index contributed by atoms with van der Waals surface area (Å²) in [6, 6.07) is 0.223. The summed E-state index contributed by atoms with van der Waals surface area (Å²) < 4.78 is 8.59. The molecule has 5 unspecified atom stereocenters. The van der Waals surface area contributed by atoms with Crippen molar-refractivity contribution in [2.24, 2.45) is 11.8 Å². The van der Waals surface area contributed by atoms with Crippen molar-refractivity contribution in [3.8, 4) is 0 Å². The highest BCUT2D eigenvalue weighted by Gasteiger charge is 2.43. The largest absolute Gasteiger partial charge is 0.386 e. The molecule has 0 spiro atoms. The van der Waals surface area contributed by atoms with Crippen LogP contribution in [-0.2, 0) is 4.74 Å². The van der Waals surface area contributed by atoms with Crippen LogP contribution >= 0.6 is 15.9 Å². The summed E-state index contributed by atoms with van der Waals surface area (Å²) in [6.07, 6.45) is 1.44. The molecule has 0 aromatic carbocycles. The minimum atomic E-state index is -0.561. The number of nitrogens with zero attached hydrogens (tertiary/aromatic N) is 2. The van der Waals surface area contributed by atoms with Gasteiger partial charge in [0.25, 0.3) is 0 Å². The van der Waals surface area contributed by atoms with E-state index < -0.39 is 6.10 Å². The van der Waals surface area contributed by atoms with E-state index in [0.717, 1.165) is 10.2 Å².